The Morgan fingerprint density at radius 3 is 2.84 bits per heavy atom. The molecule has 2 N–H and O–H groups in total. The third-order valence-electron chi connectivity index (χ3n) is 3.56. The van der Waals surface area contributed by atoms with Gasteiger partial charge in [0.05, 0.1) is 7.11 Å². The van der Waals surface area contributed by atoms with Gasteiger partial charge in [0, 0.05) is 32.9 Å². The zero-order valence-electron chi connectivity index (χ0n) is 14.6. The van der Waals surface area contributed by atoms with Crippen molar-refractivity contribution in [2.45, 2.75) is 12.8 Å². The number of aromatic nitrogens is 2. The Morgan fingerprint density at radius 1 is 1.16 bits per heavy atom. The highest BCUT2D eigenvalue weighted by Gasteiger charge is 2.08. The summed E-state index contributed by atoms with van der Waals surface area (Å²) in [6, 6.07) is 9.57. The number of hydrogen-bond acceptors (Lipinski definition) is 6. The summed E-state index contributed by atoms with van der Waals surface area (Å²) in [5, 5.41) is 6.02. The molecule has 2 aromatic rings. The van der Waals surface area contributed by atoms with Gasteiger partial charge in [-0.2, -0.15) is 0 Å². The predicted molar refractivity (Wildman–Crippen MR) is 96.0 cm³/mol. The van der Waals surface area contributed by atoms with Gasteiger partial charge in [0.2, 0.25) is 0 Å². The van der Waals surface area contributed by atoms with E-state index < -0.39 is 0 Å². The summed E-state index contributed by atoms with van der Waals surface area (Å²) < 4.78 is 10.2. The van der Waals surface area contributed by atoms with Gasteiger partial charge < -0.3 is 20.1 Å². The van der Waals surface area contributed by atoms with Crippen molar-refractivity contribution in [3.63, 3.8) is 0 Å². The Bertz CT molecular complexity index is 679. The van der Waals surface area contributed by atoms with Crippen LogP contribution in [0.25, 0.3) is 0 Å². The van der Waals surface area contributed by atoms with Crippen LogP contribution in [0.4, 0.5) is 5.82 Å². The van der Waals surface area contributed by atoms with Crippen LogP contribution in [-0.4, -0.2) is 49.8 Å². The van der Waals surface area contributed by atoms with Gasteiger partial charge in [0.15, 0.2) is 0 Å². The van der Waals surface area contributed by atoms with Crippen molar-refractivity contribution < 1.29 is 14.3 Å². The van der Waals surface area contributed by atoms with Gasteiger partial charge in [0.25, 0.3) is 5.91 Å². The van der Waals surface area contributed by atoms with Crippen LogP contribution in [0.5, 0.6) is 5.75 Å². The Kier molecular flexibility index (Phi) is 7.65. The van der Waals surface area contributed by atoms with Crippen LogP contribution < -0.4 is 15.4 Å². The molecule has 0 aliphatic heterocycles. The number of amides is 1. The van der Waals surface area contributed by atoms with Crippen molar-refractivity contribution in [2.24, 2.45) is 0 Å². The summed E-state index contributed by atoms with van der Waals surface area (Å²) >= 11 is 0. The molecule has 0 aliphatic carbocycles. The molecular formula is C18H24N4O3. The summed E-state index contributed by atoms with van der Waals surface area (Å²) in [6.07, 6.45) is 2.97. The van der Waals surface area contributed by atoms with Crippen LogP contribution in [0.15, 0.2) is 36.7 Å². The Balaban J connectivity index is 1.83. The number of carbonyl (C=O) groups excluding carboxylic acids is 1. The zero-order valence-corrected chi connectivity index (χ0v) is 14.6. The first-order chi connectivity index (χ1) is 12.2. The minimum Gasteiger partial charge on any atom is -0.497 e. The van der Waals surface area contributed by atoms with Crippen molar-refractivity contribution in [1.29, 1.82) is 0 Å². The highest BCUT2D eigenvalue weighted by molar-refractivity contribution is 5.92. The third kappa shape index (κ3) is 6.39. The van der Waals surface area contributed by atoms with E-state index in [2.05, 4.69) is 20.6 Å². The van der Waals surface area contributed by atoms with Gasteiger partial charge in [-0.1, -0.05) is 12.1 Å². The van der Waals surface area contributed by atoms with Gasteiger partial charge in [-0.15, -0.1) is 0 Å². The van der Waals surface area contributed by atoms with E-state index in [9.17, 15) is 4.79 Å². The molecule has 7 heteroatoms. The first-order valence-corrected chi connectivity index (χ1v) is 8.19. The number of hydrogen-bond donors (Lipinski definition) is 2. The van der Waals surface area contributed by atoms with Crippen molar-refractivity contribution in [3.05, 3.63) is 47.9 Å². The second-order valence-electron chi connectivity index (χ2n) is 5.42. The first kappa shape index (κ1) is 18.7. The summed E-state index contributed by atoms with van der Waals surface area (Å²) in [7, 11) is 3.29. The first-order valence-electron chi connectivity index (χ1n) is 8.19. The molecule has 134 valence electrons. The minimum atomic E-state index is -0.214. The van der Waals surface area contributed by atoms with E-state index in [0.717, 1.165) is 24.2 Å². The van der Waals surface area contributed by atoms with E-state index in [1.165, 1.54) is 6.33 Å². The summed E-state index contributed by atoms with van der Waals surface area (Å²) in [5.74, 6) is 1.25. The van der Waals surface area contributed by atoms with Crippen molar-refractivity contribution >= 4 is 11.7 Å². The van der Waals surface area contributed by atoms with E-state index in [0.29, 0.717) is 31.2 Å². The van der Waals surface area contributed by atoms with Gasteiger partial charge >= 0.3 is 0 Å². The van der Waals surface area contributed by atoms with Crippen molar-refractivity contribution in [2.75, 3.05) is 39.2 Å². The molecule has 0 aliphatic rings. The SMILES string of the molecule is COCCCNC(=O)c1cc(NCCc2cccc(OC)c2)ncn1. The number of anilines is 1. The standard InChI is InChI=1S/C18H24N4O3/c1-24-10-4-8-20-18(23)16-12-17(22-13-21-16)19-9-7-14-5-3-6-15(11-14)25-2/h3,5-6,11-13H,4,7-10H2,1-2H3,(H,20,23)(H,19,21,22). The highest BCUT2D eigenvalue weighted by Crippen LogP contribution is 2.13. The molecule has 0 radical (unpaired) electrons. The maximum atomic E-state index is 12.0. The molecular weight excluding hydrogens is 320 g/mol. The lowest BCUT2D eigenvalue weighted by Crippen LogP contribution is -2.26. The average Bonchev–Trinajstić information content (AvgIpc) is 2.65. The predicted octanol–water partition coefficient (Wildman–Crippen LogP) is 1.91. The van der Waals surface area contributed by atoms with Crippen LogP contribution in [0, 0.1) is 0 Å². The Morgan fingerprint density at radius 2 is 2.04 bits per heavy atom. The van der Waals surface area contributed by atoms with Crippen LogP contribution in [0.3, 0.4) is 0 Å². The van der Waals surface area contributed by atoms with E-state index in [4.69, 9.17) is 9.47 Å². The Labute approximate surface area is 147 Å². The van der Waals surface area contributed by atoms with E-state index >= 15 is 0 Å². The number of ether oxygens (including phenoxy) is 2. The zero-order chi connectivity index (χ0) is 17.9. The smallest absolute Gasteiger partial charge is 0.270 e. The normalized spacial score (nSPS) is 10.3. The van der Waals surface area contributed by atoms with Gasteiger partial charge in [-0.05, 0) is 30.5 Å². The fraction of sp³-hybridized carbons (Fsp3) is 0.389. The third-order valence-corrected chi connectivity index (χ3v) is 3.56. The largest absolute Gasteiger partial charge is 0.497 e. The highest BCUT2D eigenvalue weighted by atomic mass is 16.5. The van der Waals surface area contributed by atoms with E-state index in [-0.39, 0.29) is 5.91 Å². The molecule has 1 aromatic heterocycles. The molecule has 7 nitrogen and oxygen atoms in total. The van der Waals surface area contributed by atoms with Crippen molar-refractivity contribution in [3.8, 4) is 5.75 Å². The number of methoxy groups -OCH3 is 2. The lowest BCUT2D eigenvalue weighted by Gasteiger charge is -2.08. The fourth-order valence-corrected chi connectivity index (χ4v) is 2.25. The molecule has 2 rings (SSSR count). The summed E-state index contributed by atoms with van der Waals surface area (Å²) in [5.41, 5.74) is 1.51. The molecule has 0 bridgehead atoms. The molecule has 0 unspecified atom stereocenters. The maximum absolute atomic E-state index is 12.0. The number of carbonyl (C=O) groups is 1. The molecule has 1 aromatic carbocycles. The quantitative estimate of drug-likeness (QED) is 0.641. The van der Waals surface area contributed by atoms with Gasteiger partial charge in [-0.25, -0.2) is 9.97 Å². The summed E-state index contributed by atoms with van der Waals surface area (Å²) in [4.78, 5) is 20.2. The van der Waals surface area contributed by atoms with Crippen LogP contribution >= 0.6 is 0 Å². The van der Waals surface area contributed by atoms with Crippen molar-refractivity contribution in [1.82, 2.24) is 15.3 Å². The molecule has 0 saturated heterocycles. The molecule has 1 amide bonds. The van der Waals surface area contributed by atoms with E-state index in [1.54, 1.807) is 20.3 Å². The van der Waals surface area contributed by atoms with Crippen LogP contribution in [0.1, 0.15) is 22.5 Å². The van der Waals surface area contributed by atoms with Crippen LogP contribution in [-0.2, 0) is 11.2 Å². The lowest BCUT2D eigenvalue weighted by molar-refractivity contribution is 0.0943. The number of nitrogens with one attached hydrogen (secondary N) is 2. The average molecular weight is 344 g/mol. The number of benzene rings is 1. The lowest BCUT2D eigenvalue weighted by atomic mass is 10.1. The topological polar surface area (TPSA) is 85.4 Å². The minimum absolute atomic E-state index is 0.214. The second-order valence-corrected chi connectivity index (χ2v) is 5.42. The summed E-state index contributed by atoms with van der Waals surface area (Å²) in [6.45, 7) is 1.86. The van der Waals surface area contributed by atoms with Crippen LogP contribution in [0.2, 0.25) is 0 Å². The second kappa shape index (κ2) is 10.2. The number of nitrogens with zero attached hydrogens (tertiary/aromatic N) is 2. The fourth-order valence-electron chi connectivity index (χ4n) is 2.25. The molecule has 0 saturated carbocycles. The Hall–Kier alpha value is -2.67. The number of rotatable bonds is 10. The maximum Gasteiger partial charge on any atom is 0.270 e. The molecule has 0 fully saturated rings. The van der Waals surface area contributed by atoms with Gasteiger partial charge in [-0.3, -0.25) is 4.79 Å². The monoisotopic (exact) mass is 344 g/mol. The van der Waals surface area contributed by atoms with Gasteiger partial charge in [0.1, 0.15) is 23.6 Å². The molecule has 0 spiro atoms. The van der Waals surface area contributed by atoms with E-state index in [1.807, 2.05) is 24.3 Å². The molecule has 0 atom stereocenters. The molecule has 1 heterocycles. The molecule has 25 heavy (non-hydrogen) atoms.